The molecule has 126 valence electrons. The van der Waals surface area contributed by atoms with Crippen molar-refractivity contribution in [3.63, 3.8) is 0 Å². The van der Waals surface area contributed by atoms with Gasteiger partial charge in [-0.3, -0.25) is 9.89 Å². The van der Waals surface area contributed by atoms with Crippen molar-refractivity contribution in [2.24, 2.45) is 10.7 Å². The van der Waals surface area contributed by atoms with Crippen LogP contribution in [0, 0.1) is 0 Å². The van der Waals surface area contributed by atoms with Crippen molar-refractivity contribution < 1.29 is 9.47 Å². The van der Waals surface area contributed by atoms with E-state index in [2.05, 4.69) is 22.1 Å². The number of halogens is 1. The molecule has 0 aromatic heterocycles. The van der Waals surface area contributed by atoms with Gasteiger partial charge in [0.05, 0.1) is 19.8 Å². The van der Waals surface area contributed by atoms with Crippen LogP contribution in [0.4, 0.5) is 0 Å². The van der Waals surface area contributed by atoms with E-state index in [0.717, 1.165) is 65.4 Å². The standard InChI is InChI=1S/C14H30N4O2.HI/c1-2-3-10-19-11-6-17-14(15)16-5-4-7-18-8-12-20-13-9-18;/h2-13H2,1H3,(H3,15,16,17);1H. The molecule has 0 radical (unpaired) electrons. The van der Waals surface area contributed by atoms with Gasteiger partial charge in [0.25, 0.3) is 0 Å². The highest BCUT2D eigenvalue weighted by Crippen LogP contribution is 1.97. The molecule has 0 unspecified atom stereocenters. The van der Waals surface area contributed by atoms with E-state index in [9.17, 15) is 0 Å². The molecule has 1 aliphatic heterocycles. The molecule has 21 heavy (non-hydrogen) atoms. The van der Waals surface area contributed by atoms with Gasteiger partial charge in [-0.25, -0.2) is 0 Å². The summed E-state index contributed by atoms with van der Waals surface area (Å²) in [5.74, 6) is 0.520. The van der Waals surface area contributed by atoms with Gasteiger partial charge < -0.3 is 20.5 Å². The number of guanidine groups is 1. The second-order valence-electron chi connectivity index (χ2n) is 4.97. The summed E-state index contributed by atoms with van der Waals surface area (Å²) in [6.07, 6.45) is 3.32. The normalized spacial score (nSPS) is 16.5. The zero-order valence-corrected chi connectivity index (χ0v) is 15.5. The number of hydrogen-bond acceptors (Lipinski definition) is 4. The van der Waals surface area contributed by atoms with Gasteiger partial charge in [0.1, 0.15) is 0 Å². The molecular formula is C14H31IN4O2. The van der Waals surface area contributed by atoms with E-state index in [4.69, 9.17) is 15.2 Å². The number of hydrogen-bond donors (Lipinski definition) is 2. The Hall–Kier alpha value is -0.120. The number of unbranched alkanes of at least 4 members (excludes halogenated alkanes) is 1. The third-order valence-corrected chi connectivity index (χ3v) is 3.21. The fourth-order valence-electron chi connectivity index (χ4n) is 1.97. The number of nitrogens with two attached hydrogens (primary N) is 1. The molecule has 0 aromatic carbocycles. The molecule has 0 aromatic rings. The molecule has 0 bridgehead atoms. The summed E-state index contributed by atoms with van der Waals surface area (Å²) in [6.45, 7) is 10.0. The van der Waals surface area contributed by atoms with Gasteiger partial charge >= 0.3 is 0 Å². The Morgan fingerprint density at radius 3 is 2.76 bits per heavy atom. The molecule has 1 fully saturated rings. The van der Waals surface area contributed by atoms with Crippen molar-refractivity contribution in [1.82, 2.24) is 10.2 Å². The van der Waals surface area contributed by atoms with Crippen LogP contribution in [0.2, 0.25) is 0 Å². The van der Waals surface area contributed by atoms with Crippen molar-refractivity contribution in [3.8, 4) is 0 Å². The summed E-state index contributed by atoms with van der Waals surface area (Å²) >= 11 is 0. The van der Waals surface area contributed by atoms with E-state index in [1.165, 1.54) is 6.42 Å². The van der Waals surface area contributed by atoms with E-state index in [0.29, 0.717) is 12.6 Å². The van der Waals surface area contributed by atoms with E-state index in [1.54, 1.807) is 0 Å². The van der Waals surface area contributed by atoms with Gasteiger partial charge in [0, 0.05) is 39.3 Å². The molecule has 1 heterocycles. The second kappa shape index (κ2) is 14.8. The van der Waals surface area contributed by atoms with Crippen molar-refractivity contribution in [1.29, 1.82) is 0 Å². The highest BCUT2D eigenvalue weighted by molar-refractivity contribution is 14.0. The monoisotopic (exact) mass is 414 g/mol. The highest BCUT2D eigenvalue weighted by atomic mass is 127. The smallest absolute Gasteiger partial charge is 0.188 e. The van der Waals surface area contributed by atoms with Gasteiger partial charge in [-0.2, -0.15) is 0 Å². The first-order valence-electron chi connectivity index (χ1n) is 7.74. The Kier molecular flexibility index (Phi) is 14.7. The SMILES string of the molecule is CCCCOCCNC(N)=NCCCN1CCOCC1.I. The Labute approximate surface area is 145 Å². The fourth-order valence-corrected chi connectivity index (χ4v) is 1.97. The van der Waals surface area contributed by atoms with Gasteiger partial charge in [-0.15, -0.1) is 24.0 Å². The van der Waals surface area contributed by atoms with Crippen LogP contribution in [0.5, 0.6) is 0 Å². The summed E-state index contributed by atoms with van der Waals surface area (Å²) in [5, 5.41) is 3.07. The first-order chi connectivity index (χ1) is 9.83. The molecule has 1 aliphatic rings. The van der Waals surface area contributed by atoms with Crippen LogP contribution >= 0.6 is 24.0 Å². The maximum absolute atomic E-state index is 5.78. The predicted molar refractivity (Wildman–Crippen MR) is 97.5 cm³/mol. The van der Waals surface area contributed by atoms with E-state index < -0.39 is 0 Å². The minimum atomic E-state index is 0. The summed E-state index contributed by atoms with van der Waals surface area (Å²) in [7, 11) is 0. The first kappa shape index (κ1) is 20.9. The molecular weight excluding hydrogens is 383 g/mol. The fraction of sp³-hybridized carbons (Fsp3) is 0.929. The minimum Gasteiger partial charge on any atom is -0.380 e. The Morgan fingerprint density at radius 1 is 1.29 bits per heavy atom. The van der Waals surface area contributed by atoms with Crippen LogP contribution in [-0.2, 0) is 9.47 Å². The lowest BCUT2D eigenvalue weighted by atomic mass is 10.3. The highest BCUT2D eigenvalue weighted by Gasteiger charge is 2.08. The zero-order valence-electron chi connectivity index (χ0n) is 13.2. The Morgan fingerprint density at radius 2 is 2.05 bits per heavy atom. The minimum absolute atomic E-state index is 0. The number of ether oxygens (including phenoxy) is 2. The molecule has 0 aliphatic carbocycles. The van der Waals surface area contributed by atoms with Crippen LogP contribution in [0.3, 0.4) is 0 Å². The van der Waals surface area contributed by atoms with Crippen LogP contribution in [0.1, 0.15) is 26.2 Å². The molecule has 3 N–H and O–H groups in total. The van der Waals surface area contributed by atoms with Gasteiger partial charge in [0.15, 0.2) is 5.96 Å². The molecule has 0 amide bonds. The summed E-state index contributed by atoms with van der Waals surface area (Å²) in [5.41, 5.74) is 5.78. The summed E-state index contributed by atoms with van der Waals surface area (Å²) in [4.78, 5) is 6.72. The van der Waals surface area contributed by atoms with E-state index in [1.807, 2.05) is 0 Å². The van der Waals surface area contributed by atoms with Crippen LogP contribution in [0.15, 0.2) is 4.99 Å². The van der Waals surface area contributed by atoms with Crippen molar-refractivity contribution in [3.05, 3.63) is 0 Å². The summed E-state index contributed by atoms with van der Waals surface area (Å²) < 4.78 is 10.8. The topological polar surface area (TPSA) is 72.1 Å². The summed E-state index contributed by atoms with van der Waals surface area (Å²) in [6, 6.07) is 0. The largest absolute Gasteiger partial charge is 0.380 e. The molecule has 1 saturated heterocycles. The van der Waals surface area contributed by atoms with Crippen LogP contribution < -0.4 is 11.1 Å². The maximum atomic E-state index is 5.78. The molecule has 1 rings (SSSR count). The average Bonchev–Trinajstić information content (AvgIpc) is 2.48. The van der Waals surface area contributed by atoms with E-state index in [-0.39, 0.29) is 24.0 Å². The van der Waals surface area contributed by atoms with Crippen molar-refractivity contribution in [2.45, 2.75) is 26.2 Å². The van der Waals surface area contributed by atoms with Crippen LogP contribution in [-0.4, -0.2) is 70.0 Å². The quantitative estimate of drug-likeness (QED) is 0.242. The molecule has 0 spiro atoms. The van der Waals surface area contributed by atoms with E-state index >= 15 is 0 Å². The number of nitrogens with one attached hydrogen (secondary N) is 1. The lowest BCUT2D eigenvalue weighted by Crippen LogP contribution is -2.37. The Balaban J connectivity index is 0.00000400. The van der Waals surface area contributed by atoms with Gasteiger partial charge in [-0.1, -0.05) is 13.3 Å². The lowest BCUT2D eigenvalue weighted by Gasteiger charge is -2.26. The Bertz CT molecular complexity index is 261. The maximum Gasteiger partial charge on any atom is 0.188 e. The van der Waals surface area contributed by atoms with Gasteiger partial charge in [-0.05, 0) is 12.8 Å². The average molecular weight is 414 g/mol. The molecule has 0 atom stereocenters. The van der Waals surface area contributed by atoms with Gasteiger partial charge in [0.2, 0.25) is 0 Å². The molecule has 0 saturated carbocycles. The molecule has 7 heteroatoms. The number of aliphatic imine (C=N–C) groups is 1. The second-order valence-corrected chi connectivity index (χ2v) is 4.97. The number of nitrogens with zero attached hydrogens (tertiary/aromatic N) is 2. The third kappa shape index (κ3) is 12.1. The predicted octanol–water partition coefficient (Wildman–Crippen LogP) is 1.05. The number of rotatable bonds is 10. The number of morpholine rings is 1. The first-order valence-corrected chi connectivity index (χ1v) is 7.74. The molecule has 6 nitrogen and oxygen atoms in total. The van der Waals surface area contributed by atoms with Crippen LogP contribution in [0.25, 0.3) is 0 Å². The van der Waals surface area contributed by atoms with Crippen molar-refractivity contribution in [2.75, 3.05) is 59.2 Å². The van der Waals surface area contributed by atoms with Crippen molar-refractivity contribution >= 4 is 29.9 Å². The lowest BCUT2D eigenvalue weighted by molar-refractivity contribution is 0.0377. The zero-order chi connectivity index (χ0) is 14.5. The third-order valence-electron chi connectivity index (χ3n) is 3.21.